The van der Waals surface area contributed by atoms with Gasteiger partial charge in [-0.2, -0.15) is 0 Å². The summed E-state index contributed by atoms with van der Waals surface area (Å²) >= 11 is 0. The lowest BCUT2D eigenvalue weighted by Crippen LogP contribution is -2.03. The summed E-state index contributed by atoms with van der Waals surface area (Å²) in [4.78, 5) is 28.4. The molecule has 28 heavy (non-hydrogen) atoms. The van der Waals surface area contributed by atoms with Crippen LogP contribution < -0.4 is 9.47 Å². The molecule has 4 rings (SSSR count). The highest BCUT2D eigenvalue weighted by molar-refractivity contribution is 6.14. The number of esters is 1. The van der Waals surface area contributed by atoms with Crippen molar-refractivity contribution < 1.29 is 19.1 Å². The highest BCUT2D eigenvalue weighted by Crippen LogP contribution is 2.34. The van der Waals surface area contributed by atoms with Crippen LogP contribution >= 0.6 is 0 Å². The Morgan fingerprint density at radius 2 is 1.75 bits per heavy atom. The SMILES string of the molecule is O=C(/C=C/c1ccccc1)Oc1ccc2c(c1)O/C(=C\c1ccncc1)C2=O. The lowest BCUT2D eigenvalue weighted by atomic mass is 10.1. The maximum absolute atomic E-state index is 12.5. The normalized spacial score (nSPS) is 14.1. The third-order valence-electron chi connectivity index (χ3n) is 4.08. The zero-order valence-electron chi connectivity index (χ0n) is 14.7. The van der Waals surface area contributed by atoms with Crippen LogP contribution in [-0.4, -0.2) is 16.7 Å². The summed E-state index contributed by atoms with van der Waals surface area (Å²) < 4.78 is 11.0. The average Bonchev–Trinajstić information content (AvgIpc) is 3.03. The van der Waals surface area contributed by atoms with E-state index in [4.69, 9.17) is 9.47 Å². The van der Waals surface area contributed by atoms with Crippen molar-refractivity contribution in [1.29, 1.82) is 0 Å². The number of hydrogen-bond donors (Lipinski definition) is 0. The van der Waals surface area contributed by atoms with E-state index in [0.29, 0.717) is 17.1 Å². The summed E-state index contributed by atoms with van der Waals surface area (Å²) in [7, 11) is 0. The Kier molecular flexibility index (Phi) is 4.80. The van der Waals surface area contributed by atoms with Gasteiger partial charge in [0.2, 0.25) is 5.78 Å². The van der Waals surface area contributed by atoms with E-state index in [1.54, 1.807) is 48.8 Å². The minimum Gasteiger partial charge on any atom is -0.452 e. The number of pyridine rings is 1. The molecule has 1 aliphatic rings. The molecule has 0 bridgehead atoms. The molecule has 136 valence electrons. The standard InChI is InChI=1S/C23H15NO4/c25-22(9-6-16-4-2-1-3-5-16)27-18-7-8-19-20(15-18)28-21(23(19)26)14-17-10-12-24-13-11-17/h1-15H/b9-6+,21-14-. The van der Waals surface area contributed by atoms with Gasteiger partial charge in [-0.3, -0.25) is 9.78 Å². The Balaban J connectivity index is 1.48. The molecule has 3 aromatic rings. The Bertz CT molecular complexity index is 1090. The molecule has 0 spiro atoms. The molecular formula is C23H15NO4. The predicted molar refractivity (Wildman–Crippen MR) is 105 cm³/mol. The molecule has 0 amide bonds. The number of ketones is 1. The van der Waals surface area contributed by atoms with Crippen molar-refractivity contribution in [3.05, 3.63) is 102 Å². The van der Waals surface area contributed by atoms with Gasteiger partial charge in [-0.25, -0.2) is 4.79 Å². The molecule has 1 aromatic heterocycles. The molecule has 0 atom stereocenters. The van der Waals surface area contributed by atoms with Crippen molar-refractivity contribution in [3.8, 4) is 11.5 Å². The molecule has 0 N–H and O–H groups in total. The monoisotopic (exact) mass is 369 g/mol. The lowest BCUT2D eigenvalue weighted by Gasteiger charge is -2.03. The fraction of sp³-hybridized carbons (Fsp3) is 0. The topological polar surface area (TPSA) is 65.5 Å². The zero-order chi connectivity index (χ0) is 19.3. The predicted octanol–water partition coefficient (Wildman–Crippen LogP) is 4.32. The Labute approximate surface area is 161 Å². The van der Waals surface area contributed by atoms with Gasteiger partial charge in [-0.15, -0.1) is 0 Å². The van der Waals surface area contributed by atoms with Crippen LogP contribution in [0.25, 0.3) is 12.2 Å². The number of rotatable bonds is 4. The molecule has 2 heterocycles. The van der Waals surface area contributed by atoms with Gasteiger partial charge in [-0.1, -0.05) is 30.3 Å². The summed E-state index contributed by atoms with van der Waals surface area (Å²) in [6.45, 7) is 0. The van der Waals surface area contributed by atoms with Gasteiger partial charge in [0.25, 0.3) is 0 Å². The molecule has 0 radical (unpaired) electrons. The number of benzene rings is 2. The van der Waals surface area contributed by atoms with Crippen molar-refractivity contribution in [2.24, 2.45) is 0 Å². The second kappa shape index (κ2) is 7.72. The number of carbonyl (C=O) groups is 2. The first-order valence-electron chi connectivity index (χ1n) is 8.62. The average molecular weight is 369 g/mol. The van der Waals surface area contributed by atoms with Gasteiger partial charge < -0.3 is 9.47 Å². The van der Waals surface area contributed by atoms with Gasteiger partial charge in [0.15, 0.2) is 5.76 Å². The van der Waals surface area contributed by atoms with E-state index in [1.165, 1.54) is 12.1 Å². The first-order chi connectivity index (χ1) is 13.7. The quantitative estimate of drug-likeness (QED) is 0.389. The van der Waals surface area contributed by atoms with Crippen LogP contribution in [-0.2, 0) is 4.79 Å². The van der Waals surface area contributed by atoms with E-state index in [1.807, 2.05) is 30.3 Å². The largest absolute Gasteiger partial charge is 0.452 e. The molecule has 5 nitrogen and oxygen atoms in total. The number of Topliss-reactive ketones (excluding diaryl/α,β-unsaturated/α-hetero) is 1. The summed E-state index contributed by atoms with van der Waals surface area (Å²) in [6, 6.07) is 17.7. The molecule has 1 aliphatic heterocycles. The Morgan fingerprint density at radius 1 is 0.964 bits per heavy atom. The minimum absolute atomic E-state index is 0.214. The summed E-state index contributed by atoms with van der Waals surface area (Å²) in [6.07, 6.45) is 7.95. The van der Waals surface area contributed by atoms with Crippen LogP contribution in [0, 0.1) is 0 Å². The van der Waals surface area contributed by atoms with Crippen LogP contribution in [0.1, 0.15) is 21.5 Å². The fourth-order valence-corrected chi connectivity index (χ4v) is 2.72. The Morgan fingerprint density at radius 3 is 2.54 bits per heavy atom. The van der Waals surface area contributed by atoms with E-state index in [9.17, 15) is 9.59 Å². The van der Waals surface area contributed by atoms with Crippen LogP contribution in [0.4, 0.5) is 0 Å². The van der Waals surface area contributed by atoms with E-state index in [0.717, 1.165) is 11.1 Å². The number of fused-ring (bicyclic) bond motifs is 1. The number of nitrogens with zero attached hydrogens (tertiary/aromatic N) is 1. The maximum Gasteiger partial charge on any atom is 0.336 e. The van der Waals surface area contributed by atoms with Crippen LogP contribution in [0.3, 0.4) is 0 Å². The highest BCUT2D eigenvalue weighted by Gasteiger charge is 2.27. The third-order valence-corrected chi connectivity index (χ3v) is 4.08. The molecule has 0 saturated heterocycles. The molecule has 0 unspecified atom stereocenters. The first-order valence-corrected chi connectivity index (χ1v) is 8.62. The maximum atomic E-state index is 12.5. The lowest BCUT2D eigenvalue weighted by molar-refractivity contribution is -0.128. The molecular weight excluding hydrogens is 354 g/mol. The van der Waals surface area contributed by atoms with Gasteiger partial charge in [0, 0.05) is 24.5 Å². The van der Waals surface area contributed by atoms with Crippen molar-refractivity contribution in [2.45, 2.75) is 0 Å². The van der Waals surface area contributed by atoms with Gasteiger partial charge in [0.05, 0.1) is 5.56 Å². The Hall–Kier alpha value is -3.99. The minimum atomic E-state index is -0.513. The van der Waals surface area contributed by atoms with Gasteiger partial charge in [-0.05, 0) is 47.5 Å². The van der Waals surface area contributed by atoms with Crippen LogP contribution in [0.15, 0.2) is 84.9 Å². The molecule has 2 aromatic carbocycles. The second-order valence-corrected chi connectivity index (χ2v) is 6.04. The van der Waals surface area contributed by atoms with E-state index < -0.39 is 5.97 Å². The highest BCUT2D eigenvalue weighted by atomic mass is 16.5. The summed E-state index contributed by atoms with van der Waals surface area (Å²) in [5.74, 6) is 0.157. The summed E-state index contributed by atoms with van der Waals surface area (Å²) in [5.41, 5.74) is 2.14. The number of hydrogen-bond acceptors (Lipinski definition) is 5. The van der Waals surface area contributed by atoms with E-state index in [2.05, 4.69) is 4.98 Å². The number of aromatic nitrogens is 1. The molecule has 5 heteroatoms. The first kappa shape index (κ1) is 17.4. The number of carbonyl (C=O) groups excluding carboxylic acids is 2. The smallest absolute Gasteiger partial charge is 0.336 e. The van der Waals surface area contributed by atoms with Crippen molar-refractivity contribution >= 4 is 23.9 Å². The van der Waals surface area contributed by atoms with Gasteiger partial charge in [0.1, 0.15) is 11.5 Å². The summed E-state index contributed by atoms with van der Waals surface area (Å²) in [5, 5.41) is 0. The zero-order valence-corrected chi connectivity index (χ0v) is 14.7. The van der Waals surface area contributed by atoms with Crippen molar-refractivity contribution in [2.75, 3.05) is 0 Å². The second-order valence-electron chi connectivity index (χ2n) is 6.04. The van der Waals surface area contributed by atoms with Crippen molar-refractivity contribution in [1.82, 2.24) is 4.98 Å². The van der Waals surface area contributed by atoms with Crippen LogP contribution in [0.2, 0.25) is 0 Å². The van der Waals surface area contributed by atoms with E-state index in [-0.39, 0.29) is 11.5 Å². The third kappa shape index (κ3) is 3.88. The van der Waals surface area contributed by atoms with Crippen molar-refractivity contribution in [3.63, 3.8) is 0 Å². The van der Waals surface area contributed by atoms with Crippen LogP contribution in [0.5, 0.6) is 11.5 Å². The molecule has 0 saturated carbocycles. The van der Waals surface area contributed by atoms with E-state index >= 15 is 0 Å². The number of ether oxygens (including phenoxy) is 2. The molecule has 0 aliphatic carbocycles. The van der Waals surface area contributed by atoms with Gasteiger partial charge >= 0.3 is 5.97 Å². The molecule has 0 fully saturated rings. The fourth-order valence-electron chi connectivity index (χ4n) is 2.72. The number of allylic oxidation sites excluding steroid dienone is 1.